The molecule has 0 aliphatic heterocycles. The molecule has 0 unspecified atom stereocenters. The Morgan fingerprint density at radius 2 is 2.00 bits per heavy atom. The lowest BCUT2D eigenvalue weighted by Crippen LogP contribution is -2.44. The number of non-ortho nitro benzene ring substituents is 1. The number of ether oxygens (including phenoxy) is 3. The molecule has 1 aromatic rings. The molecule has 1 aromatic carbocycles. The van der Waals surface area contributed by atoms with Crippen LogP contribution in [0.4, 0.5) is 5.69 Å². The zero-order valence-electron chi connectivity index (χ0n) is 13.0. The van der Waals surface area contributed by atoms with Gasteiger partial charge in [0.1, 0.15) is 18.4 Å². The number of nitrogens with one attached hydrogen (secondary N) is 1. The molecule has 0 aromatic heterocycles. The zero-order chi connectivity index (χ0) is 17.4. The maximum Gasteiger partial charge on any atom is 0.328 e. The fraction of sp³-hybridized carbons (Fsp3) is 0.429. The van der Waals surface area contributed by atoms with E-state index in [1.165, 1.54) is 39.5 Å². The van der Waals surface area contributed by atoms with Gasteiger partial charge in [-0.05, 0) is 6.07 Å². The molecule has 1 N–H and O–H groups in total. The van der Waals surface area contributed by atoms with E-state index in [2.05, 4.69) is 14.8 Å². The molecule has 23 heavy (non-hydrogen) atoms. The van der Waals surface area contributed by atoms with Crippen molar-refractivity contribution in [1.29, 1.82) is 0 Å². The molecular formula is C14H18N2O7. The highest BCUT2D eigenvalue weighted by atomic mass is 16.6. The van der Waals surface area contributed by atoms with E-state index in [1.54, 1.807) is 0 Å². The third-order valence-electron chi connectivity index (χ3n) is 3.00. The minimum atomic E-state index is -1.02. The number of benzene rings is 1. The SMILES string of the molecule is COCC(=O)N[C@@H](Cc1cc([N+](=O)[O-])ccc1OC)C(=O)OC. The Hall–Kier alpha value is -2.68. The summed E-state index contributed by atoms with van der Waals surface area (Å²) in [6.07, 6.45) is -0.0209. The molecule has 0 aliphatic rings. The summed E-state index contributed by atoms with van der Waals surface area (Å²) in [6, 6.07) is 2.99. The quantitative estimate of drug-likeness (QED) is 0.419. The number of carbonyl (C=O) groups is 2. The third-order valence-corrected chi connectivity index (χ3v) is 3.00. The minimum Gasteiger partial charge on any atom is -0.496 e. The van der Waals surface area contributed by atoms with Gasteiger partial charge < -0.3 is 19.5 Å². The van der Waals surface area contributed by atoms with E-state index in [1.807, 2.05) is 0 Å². The second-order valence-electron chi connectivity index (χ2n) is 4.53. The predicted octanol–water partition coefficient (Wildman–Crippen LogP) is 0.450. The van der Waals surface area contributed by atoms with Crippen LogP contribution in [0.5, 0.6) is 5.75 Å². The molecule has 0 saturated carbocycles. The first-order chi connectivity index (χ1) is 10.9. The first-order valence-electron chi connectivity index (χ1n) is 6.60. The molecule has 1 amide bonds. The van der Waals surface area contributed by atoms with Crippen LogP contribution in [0.2, 0.25) is 0 Å². The van der Waals surface area contributed by atoms with Crippen LogP contribution in [0.1, 0.15) is 5.56 Å². The van der Waals surface area contributed by atoms with Gasteiger partial charge in [0.25, 0.3) is 5.69 Å². The summed E-state index contributed by atoms with van der Waals surface area (Å²) >= 11 is 0. The van der Waals surface area contributed by atoms with Crippen LogP contribution in [0, 0.1) is 10.1 Å². The molecule has 126 valence electrons. The summed E-state index contributed by atoms with van der Waals surface area (Å²) < 4.78 is 14.5. The molecule has 0 radical (unpaired) electrons. The first kappa shape index (κ1) is 18.4. The van der Waals surface area contributed by atoms with Crippen molar-refractivity contribution < 1.29 is 28.7 Å². The van der Waals surface area contributed by atoms with E-state index in [0.29, 0.717) is 11.3 Å². The molecule has 1 rings (SSSR count). The number of nitro benzene ring substituents is 1. The average Bonchev–Trinajstić information content (AvgIpc) is 2.53. The topological polar surface area (TPSA) is 117 Å². The lowest BCUT2D eigenvalue weighted by Gasteiger charge is -2.17. The van der Waals surface area contributed by atoms with E-state index < -0.39 is 22.8 Å². The van der Waals surface area contributed by atoms with Crippen LogP contribution in [0.25, 0.3) is 0 Å². The maximum atomic E-state index is 11.8. The van der Waals surface area contributed by atoms with Crippen molar-refractivity contribution in [2.45, 2.75) is 12.5 Å². The third kappa shape index (κ3) is 5.22. The number of hydrogen-bond donors (Lipinski definition) is 1. The molecule has 0 spiro atoms. The molecule has 0 heterocycles. The molecular weight excluding hydrogens is 308 g/mol. The minimum absolute atomic E-state index is 0.0209. The Kier molecular flexibility index (Phi) is 6.94. The molecule has 9 nitrogen and oxygen atoms in total. The van der Waals surface area contributed by atoms with E-state index in [-0.39, 0.29) is 18.7 Å². The number of rotatable bonds is 8. The van der Waals surface area contributed by atoms with E-state index in [4.69, 9.17) is 4.74 Å². The lowest BCUT2D eigenvalue weighted by atomic mass is 10.0. The highest BCUT2D eigenvalue weighted by Crippen LogP contribution is 2.25. The van der Waals surface area contributed by atoms with Crippen LogP contribution in [0.3, 0.4) is 0 Å². The molecule has 1 atom stereocenters. The molecule has 0 bridgehead atoms. The summed E-state index contributed by atoms with van der Waals surface area (Å²) in [5.41, 5.74) is 0.252. The number of amides is 1. The Morgan fingerprint density at radius 3 is 2.52 bits per heavy atom. The number of nitrogens with zero attached hydrogens (tertiary/aromatic N) is 1. The van der Waals surface area contributed by atoms with Gasteiger partial charge >= 0.3 is 5.97 Å². The smallest absolute Gasteiger partial charge is 0.328 e. The monoisotopic (exact) mass is 326 g/mol. The average molecular weight is 326 g/mol. The van der Waals surface area contributed by atoms with Gasteiger partial charge in [0.05, 0.1) is 19.1 Å². The Bertz CT molecular complexity index is 588. The van der Waals surface area contributed by atoms with Gasteiger partial charge in [-0.1, -0.05) is 0 Å². The maximum absolute atomic E-state index is 11.8. The fourth-order valence-electron chi connectivity index (χ4n) is 1.96. The highest BCUT2D eigenvalue weighted by molar-refractivity contribution is 5.85. The summed E-state index contributed by atoms with van der Waals surface area (Å²) in [4.78, 5) is 33.8. The summed E-state index contributed by atoms with van der Waals surface area (Å²) in [7, 11) is 3.93. The Labute approximate surface area is 132 Å². The van der Waals surface area contributed by atoms with E-state index in [9.17, 15) is 19.7 Å². The molecule has 0 fully saturated rings. The lowest BCUT2D eigenvalue weighted by molar-refractivity contribution is -0.384. The van der Waals surface area contributed by atoms with Crippen molar-refractivity contribution in [1.82, 2.24) is 5.32 Å². The number of hydrogen-bond acceptors (Lipinski definition) is 7. The second-order valence-corrected chi connectivity index (χ2v) is 4.53. The van der Waals surface area contributed by atoms with Crippen molar-refractivity contribution in [2.75, 3.05) is 27.9 Å². The van der Waals surface area contributed by atoms with Crippen molar-refractivity contribution in [3.8, 4) is 5.75 Å². The van der Waals surface area contributed by atoms with Gasteiger partial charge in [-0.15, -0.1) is 0 Å². The van der Waals surface area contributed by atoms with Crippen molar-refractivity contribution in [3.63, 3.8) is 0 Å². The van der Waals surface area contributed by atoms with Crippen molar-refractivity contribution >= 4 is 17.6 Å². The number of carbonyl (C=O) groups excluding carboxylic acids is 2. The van der Waals surface area contributed by atoms with Gasteiger partial charge in [0, 0.05) is 31.2 Å². The summed E-state index contributed by atoms with van der Waals surface area (Å²) in [6.45, 7) is -0.223. The van der Waals surface area contributed by atoms with Gasteiger partial charge in [-0.2, -0.15) is 0 Å². The number of nitro groups is 1. The number of esters is 1. The summed E-state index contributed by atoms with van der Waals surface area (Å²) in [5.74, 6) is -0.819. The van der Waals surface area contributed by atoms with Crippen LogP contribution in [-0.4, -0.2) is 50.8 Å². The van der Waals surface area contributed by atoms with E-state index in [0.717, 1.165) is 0 Å². The van der Waals surface area contributed by atoms with Crippen LogP contribution in [0.15, 0.2) is 18.2 Å². The normalized spacial score (nSPS) is 11.4. The van der Waals surface area contributed by atoms with Crippen LogP contribution >= 0.6 is 0 Å². The Balaban J connectivity index is 3.06. The van der Waals surface area contributed by atoms with Gasteiger partial charge in [-0.3, -0.25) is 14.9 Å². The van der Waals surface area contributed by atoms with Crippen LogP contribution < -0.4 is 10.1 Å². The summed E-state index contributed by atoms with van der Waals surface area (Å²) in [5, 5.41) is 13.3. The van der Waals surface area contributed by atoms with E-state index >= 15 is 0 Å². The zero-order valence-corrected chi connectivity index (χ0v) is 13.0. The Morgan fingerprint density at radius 1 is 1.30 bits per heavy atom. The van der Waals surface area contributed by atoms with Crippen molar-refractivity contribution in [3.05, 3.63) is 33.9 Å². The second kappa shape index (κ2) is 8.69. The predicted molar refractivity (Wildman–Crippen MR) is 79.2 cm³/mol. The van der Waals surface area contributed by atoms with Gasteiger partial charge in [-0.25, -0.2) is 4.79 Å². The molecule has 9 heteroatoms. The molecule has 0 saturated heterocycles. The van der Waals surface area contributed by atoms with Crippen molar-refractivity contribution in [2.24, 2.45) is 0 Å². The molecule has 0 aliphatic carbocycles. The standard InChI is InChI=1S/C14H18N2O7/c1-21-8-13(17)15-11(14(18)23-3)7-9-6-10(16(19)20)4-5-12(9)22-2/h4-6,11H,7-8H2,1-3H3,(H,15,17)/t11-/m0/s1. The van der Waals surface area contributed by atoms with Gasteiger partial charge in [0.2, 0.25) is 5.91 Å². The highest BCUT2D eigenvalue weighted by Gasteiger charge is 2.24. The number of methoxy groups -OCH3 is 3. The van der Waals surface area contributed by atoms with Gasteiger partial charge in [0.15, 0.2) is 0 Å². The first-order valence-corrected chi connectivity index (χ1v) is 6.60. The largest absolute Gasteiger partial charge is 0.496 e. The fourth-order valence-corrected chi connectivity index (χ4v) is 1.96. The van der Waals surface area contributed by atoms with Crippen LogP contribution in [-0.2, 0) is 25.5 Å².